The van der Waals surface area contributed by atoms with Crippen LogP contribution >= 0.6 is 21.6 Å². The van der Waals surface area contributed by atoms with Crippen molar-refractivity contribution in [2.24, 2.45) is 0 Å². The Morgan fingerprint density at radius 1 is 0.741 bits per heavy atom. The molecule has 58 heavy (non-hydrogen) atoms. The van der Waals surface area contributed by atoms with E-state index in [0.717, 1.165) is 45.4 Å². The van der Waals surface area contributed by atoms with E-state index in [-0.39, 0.29) is 24.9 Å². The van der Waals surface area contributed by atoms with Gasteiger partial charge in [-0.2, -0.15) is 4.57 Å². The van der Waals surface area contributed by atoms with Gasteiger partial charge in [0.15, 0.2) is 6.20 Å². The molecule has 1 heterocycles. The van der Waals surface area contributed by atoms with E-state index >= 15 is 0 Å². The van der Waals surface area contributed by atoms with E-state index in [0.29, 0.717) is 51.9 Å². The molecule has 0 fully saturated rings. The van der Waals surface area contributed by atoms with Gasteiger partial charge in [0.25, 0.3) is 0 Å². The zero-order valence-corrected chi connectivity index (χ0v) is 35.2. The Kier molecular flexibility index (Phi) is 22.0. The van der Waals surface area contributed by atoms with Crippen LogP contribution in [0.15, 0.2) is 103 Å². The highest BCUT2D eigenvalue weighted by Crippen LogP contribution is 2.19. The number of aryl methyl sites for hydroxylation is 1. The topological polar surface area (TPSA) is 158 Å². The molecule has 0 saturated heterocycles. The first-order valence-electron chi connectivity index (χ1n) is 19.3. The average molecular weight is 829 g/mol. The van der Waals surface area contributed by atoms with E-state index in [9.17, 15) is 24.3 Å². The molecule has 0 aliphatic carbocycles. The van der Waals surface area contributed by atoms with Gasteiger partial charge >= 0.3 is 5.97 Å². The van der Waals surface area contributed by atoms with Crippen molar-refractivity contribution in [3.63, 3.8) is 0 Å². The zero-order valence-electron chi connectivity index (χ0n) is 33.6. The van der Waals surface area contributed by atoms with E-state index in [1.165, 1.54) is 0 Å². The van der Waals surface area contributed by atoms with Crippen molar-refractivity contribution in [2.45, 2.75) is 39.2 Å². The summed E-state index contributed by atoms with van der Waals surface area (Å²) in [6.45, 7) is 4.23. The van der Waals surface area contributed by atoms with Crippen LogP contribution in [-0.2, 0) is 25.7 Å². The summed E-state index contributed by atoms with van der Waals surface area (Å²) in [6.07, 6.45) is 18.1. The summed E-state index contributed by atoms with van der Waals surface area (Å²) >= 11 is 0. The average Bonchev–Trinajstić information content (AvgIpc) is 3.20. The van der Waals surface area contributed by atoms with Crippen molar-refractivity contribution in [3.05, 3.63) is 120 Å². The van der Waals surface area contributed by atoms with Crippen LogP contribution < -0.4 is 35.4 Å². The van der Waals surface area contributed by atoms with E-state index < -0.39 is 11.9 Å². The number of rotatable bonds is 27. The number of amides is 2. The Morgan fingerprint density at radius 2 is 1.33 bits per heavy atom. The van der Waals surface area contributed by atoms with Gasteiger partial charge in [-0.05, 0) is 73.0 Å². The standard InChI is InChI=1S/C44H56N6O6S2/c1-4-5-10-37(20-14-35-15-21-38(22-16-35)48(2)33-43(53)54)45-26-8-12-41(51)46-27-31-57-58-32-28-47-42(52)13-9-30-50-29-7-6-11-40(50)25-19-36-17-23-39(24-18-36)49(3)34-44(55)56/h4-7,10-11,14-25,29,45H,8-9,12-13,26-28,30-34H2,1-3H3,(H3-,46,47,51,52,53,54,55,56)/b5-4-,20-14+,37-10-. The SMILES string of the molecule is C\C=C/C=C(/C=C/c1ccc(N(C)CC(=O)[O-])cc1)NCCCC(=O)NCCSSCCNC(=O)CCC[n+]1ccccc1/C=C/c1ccc(N(C)CC(=O)O)cc1. The first-order chi connectivity index (χ1) is 28.0. The Balaban J connectivity index is 1.23. The molecule has 4 N–H and O–H groups in total. The number of nitrogens with zero attached hydrogens (tertiary/aromatic N) is 3. The number of benzene rings is 2. The predicted octanol–water partition coefficient (Wildman–Crippen LogP) is 4.79. The van der Waals surface area contributed by atoms with E-state index in [4.69, 9.17) is 5.11 Å². The summed E-state index contributed by atoms with van der Waals surface area (Å²) in [5, 5.41) is 29.2. The molecule has 0 aliphatic rings. The number of hydrogen-bond acceptors (Lipinski definition) is 10. The summed E-state index contributed by atoms with van der Waals surface area (Å²) in [4.78, 5) is 49.9. The Labute approximate surface area is 350 Å². The number of anilines is 2. The number of hydrogen-bond donors (Lipinski definition) is 4. The largest absolute Gasteiger partial charge is 0.548 e. The molecule has 0 atom stereocenters. The number of pyridine rings is 1. The van der Waals surface area contributed by atoms with Crippen LogP contribution in [0.3, 0.4) is 0 Å². The molecule has 0 radical (unpaired) electrons. The van der Waals surface area contributed by atoms with E-state index in [1.54, 1.807) is 45.5 Å². The number of nitrogens with one attached hydrogen (secondary N) is 3. The number of carboxylic acids is 2. The number of carbonyl (C=O) groups is 4. The number of carboxylic acid groups (broad SMARTS) is 2. The number of aliphatic carboxylic acids is 2. The van der Waals surface area contributed by atoms with Crippen LogP contribution in [0.1, 0.15) is 49.4 Å². The van der Waals surface area contributed by atoms with Crippen LogP contribution in [0.4, 0.5) is 11.4 Å². The summed E-state index contributed by atoms with van der Waals surface area (Å²) in [5.74, 6) is -0.400. The highest BCUT2D eigenvalue weighted by molar-refractivity contribution is 8.76. The fourth-order valence-electron chi connectivity index (χ4n) is 5.49. The second-order valence-corrected chi connectivity index (χ2v) is 16.0. The van der Waals surface area contributed by atoms with Crippen molar-refractivity contribution in [3.8, 4) is 0 Å². The zero-order chi connectivity index (χ0) is 42.0. The summed E-state index contributed by atoms with van der Waals surface area (Å²) < 4.78 is 2.12. The van der Waals surface area contributed by atoms with Crippen molar-refractivity contribution in [2.75, 3.05) is 68.1 Å². The highest BCUT2D eigenvalue weighted by Gasteiger charge is 2.10. The molecule has 3 rings (SSSR count). The molecule has 0 aliphatic heterocycles. The lowest BCUT2D eigenvalue weighted by atomic mass is 10.1. The molecule has 3 aromatic rings. The van der Waals surface area contributed by atoms with Gasteiger partial charge in [0, 0.05) is 99.8 Å². The van der Waals surface area contributed by atoms with Crippen molar-refractivity contribution < 1.29 is 34.0 Å². The molecule has 2 amide bonds. The predicted molar refractivity (Wildman–Crippen MR) is 237 cm³/mol. The fourth-order valence-corrected chi connectivity index (χ4v) is 7.31. The van der Waals surface area contributed by atoms with Crippen molar-refractivity contribution >= 4 is 74.9 Å². The highest BCUT2D eigenvalue weighted by atomic mass is 33.1. The molecule has 0 saturated carbocycles. The normalized spacial score (nSPS) is 11.6. The molecular formula is C44H56N6O6S2. The van der Waals surface area contributed by atoms with Gasteiger partial charge in [0.05, 0.1) is 12.5 Å². The summed E-state index contributed by atoms with van der Waals surface area (Å²) in [5.41, 5.74) is 5.54. The molecule has 0 unspecified atom stereocenters. The second kappa shape index (κ2) is 27.2. The number of allylic oxidation sites excluding steroid dienone is 4. The molecule has 0 spiro atoms. The van der Waals surface area contributed by atoms with Crippen LogP contribution in [0.2, 0.25) is 0 Å². The smallest absolute Gasteiger partial charge is 0.323 e. The number of carbonyl (C=O) groups excluding carboxylic acids is 3. The third-order valence-corrected chi connectivity index (χ3v) is 11.0. The van der Waals surface area contributed by atoms with Gasteiger partial charge in [0.1, 0.15) is 13.1 Å². The van der Waals surface area contributed by atoms with Crippen molar-refractivity contribution in [1.29, 1.82) is 0 Å². The van der Waals surface area contributed by atoms with Crippen molar-refractivity contribution in [1.82, 2.24) is 16.0 Å². The third-order valence-electron chi connectivity index (χ3n) is 8.56. The molecule has 14 heteroatoms. The van der Waals surface area contributed by atoms with Crippen LogP contribution in [0.5, 0.6) is 0 Å². The van der Waals surface area contributed by atoms with E-state index in [2.05, 4.69) is 20.5 Å². The van der Waals surface area contributed by atoms with Gasteiger partial charge in [-0.25, -0.2) is 0 Å². The molecule has 0 bridgehead atoms. The Morgan fingerprint density at radius 3 is 1.91 bits per heavy atom. The van der Waals surface area contributed by atoms with Crippen LogP contribution in [-0.4, -0.2) is 87.2 Å². The first kappa shape index (κ1) is 46.9. The monoisotopic (exact) mass is 828 g/mol. The van der Waals surface area contributed by atoms with Crippen LogP contribution in [0.25, 0.3) is 18.2 Å². The summed E-state index contributed by atoms with van der Waals surface area (Å²) in [7, 11) is 6.80. The molecule has 1 aromatic heterocycles. The molecular weight excluding hydrogens is 773 g/mol. The van der Waals surface area contributed by atoms with Gasteiger partial charge in [-0.15, -0.1) is 0 Å². The number of aromatic nitrogens is 1. The fraction of sp³-hybridized carbons (Fsp3) is 0.341. The summed E-state index contributed by atoms with van der Waals surface area (Å²) in [6, 6.07) is 21.3. The third kappa shape index (κ3) is 19.6. The minimum Gasteiger partial charge on any atom is -0.548 e. The second-order valence-electron chi connectivity index (χ2n) is 13.3. The Hall–Kier alpha value is -5.47. The lowest BCUT2D eigenvalue weighted by Gasteiger charge is -2.19. The van der Waals surface area contributed by atoms with Gasteiger partial charge in [-0.1, -0.05) is 64.1 Å². The van der Waals surface area contributed by atoms with Gasteiger partial charge < -0.3 is 40.8 Å². The van der Waals surface area contributed by atoms with E-state index in [1.807, 2.05) is 122 Å². The van der Waals surface area contributed by atoms with Gasteiger partial charge in [-0.3, -0.25) is 14.4 Å². The maximum Gasteiger partial charge on any atom is 0.323 e. The molecule has 310 valence electrons. The number of likely N-dealkylation sites (N-methyl/N-ethyl adjacent to an activating group) is 2. The maximum absolute atomic E-state index is 12.4. The first-order valence-corrected chi connectivity index (χ1v) is 21.8. The van der Waals surface area contributed by atoms with Gasteiger partial charge in [0.2, 0.25) is 17.5 Å². The Bertz CT molecular complexity index is 1860. The minimum absolute atomic E-state index is 0.0176. The quantitative estimate of drug-likeness (QED) is 0.0363. The maximum atomic E-state index is 12.4. The minimum atomic E-state index is -1.13. The lowest BCUT2D eigenvalue weighted by molar-refractivity contribution is -0.698. The molecule has 2 aromatic carbocycles. The lowest BCUT2D eigenvalue weighted by Crippen LogP contribution is -2.37. The molecule has 12 nitrogen and oxygen atoms in total. The van der Waals surface area contributed by atoms with Crippen LogP contribution in [0, 0.1) is 0 Å².